The summed E-state index contributed by atoms with van der Waals surface area (Å²) in [5, 5.41) is 0. The van der Waals surface area contributed by atoms with Gasteiger partial charge in [-0.05, 0) is 24.5 Å². The summed E-state index contributed by atoms with van der Waals surface area (Å²) >= 11 is 0. The van der Waals surface area contributed by atoms with E-state index in [2.05, 4.69) is 18.7 Å². The van der Waals surface area contributed by atoms with Gasteiger partial charge in [0.25, 0.3) is 0 Å². The van der Waals surface area contributed by atoms with E-state index >= 15 is 0 Å². The minimum Gasteiger partial charge on any atom is -0.334 e. The molecule has 0 aromatic heterocycles. The number of hydrogen-bond donors (Lipinski definition) is 0. The van der Waals surface area contributed by atoms with E-state index in [1.165, 1.54) is 11.1 Å². The van der Waals surface area contributed by atoms with E-state index in [1.54, 1.807) is 0 Å². The molecule has 1 amide bonds. The van der Waals surface area contributed by atoms with Gasteiger partial charge < -0.3 is 4.90 Å². The maximum atomic E-state index is 11.0. The highest BCUT2D eigenvalue weighted by atomic mass is 16.1. The number of fused-ring (bicyclic) bond motifs is 1. The van der Waals surface area contributed by atoms with Crippen LogP contribution in [0, 0.1) is 0 Å². The van der Waals surface area contributed by atoms with Gasteiger partial charge in [-0.2, -0.15) is 0 Å². The van der Waals surface area contributed by atoms with Gasteiger partial charge in [-0.25, -0.2) is 0 Å². The first-order valence-electron chi connectivity index (χ1n) is 5.18. The zero-order valence-electron chi connectivity index (χ0n) is 8.94. The second-order valence-electron chi connectivity index (χ2n) is 4.04. The molecule has 1 aromatic rings. The molecule has 0 saturated carbocycles. The van der Waals surface area contributed by atoms with Crippen molar-refractivity contribution < 1.29 is 4.79 Å². The van der Waals surface area contributed by atoms with Gasteiger partial charge in [0.1, 0.15) is 0 Å². The Hall–Kier alpha value is -1.57. The van der Waals surface area contributed by atoms with Gasteiger partial charge in [-0.1, -0.05) is 36.4 Å². The van der Waals surface area contributed by atoms with Crippen LogP contribution in [0.2, 0.25) is 0 Å². The van der Waals surface area contributed by atoms with Gasteiger partial charge in [-0.3, -0.25) is 4.79 Å². The Morgan fingerprint density at radius 3 is 2.93 bits per heavy atom. The summed E-state index contributed by atoms with van der Waals surface area (Å²) < 4.78 is 0. The first kappa shape index (κ1) is 9.97. The van der Waals surface area contributed by atoms with Crippen LogP contribution in [0.15, 0.2) is 36.4 Å². The fourth-order valence-electron chi connectivity index (χ4n) is 2.25. The third-order valence-corrected chi connectivity index (χ3v) is 2.92. The molecule has 1 atom stereocenters. The van der Waals surface area contributed by atoms with E-state index < -0.39 is 0 Å². The van der Waals surface area contributed by atoms with Crippen molar-refractivity contribution in [1.82, 2.24) is 4.90 Å². The Kier molecular flexibility index (Phi) is 2.58. The van der Waals surface area contributed by atoms with E-state index in [0.717, 1.165) is 24.9 Å². The summed E-state index contributed by atoms with van der Waals surface area (Å²) in [6, 6.07) is 8.35. The lowest BCUT2D eigenvalue weighted by Crippen LogP contribution is -2.34. The highest BCUT2D eigenvalue weighted by Crippen LogP contribution is 2.32. The number of amides is 1. The Morgan fingerprint density at radius 2 is 2.27 bits per heavy atom. The lowest BCUT2D eigenvalue weighted by molar-refractivity contribution is -0.120. The lowest BCUT2D eigenvalue weighted by Gasteiger charge is -2.35. The summed E-state index contributed by atoms with van der Waals surface area (Å²) in [5.74, 6) is 0. The highest BCUT2D eigenvalue weighted by molar-refractivity contribution is 5.53. The summed E-state index contributed by atoms with van der Waals surface area (Å²) in [5.41, 5.74) is 3.58. The van der Waals surface area contributed by atoms with Crippen molar-refractivity contribution in [2.75, 3.05) is 6.54 Å². The van der Waals surface area contributed by atoms with Crippen molar-refractivity contribution in [3.05, 3.63) is 47.5 Å². The molecule has 1 heterocycles. The van der Waals surface area contributed by atoms with Crippen molar-refractivity contribution in [3.8, 4) is 0 Å². The minimum absolute atomic E-state index is 0.0625. The molecule has 2 rings (SSSR count). The molecule has 0 bridgehead atoms. The fourth-order valence-corrected chi connectivity index (χ4v) is 2.25. The fraction of sp³-hybridized carbons (Fsp3) is 0.308. The van der Waals surface area contributed by atoms with E-state index in [0.29, 0.717) is 0 Å². The van der Waals surface area contributed by atoms with Crippen molar-refractivity contribution in [3.63, 3.8) is 0 Å². The van der Waals surface area contributed by atoms with Gasteiger partial charge in [0, 0.05) is 6.54 Å². The Labute approximate surface area is 90.2 Å². The SMILES string of the molecule is C=C(C)[C@H]1c2ccccc2CCN1C=O. The Morgan fingerprint density at radius 1 is 1.53 bits per heavy atom. The van der Waals surface area contributed by atoms with Crippen LogP contribution in [0.3, 0.4) is 0 Å². The first-order chi connectivity index (χ1) is 7.24. The molecular weight excluding hydrogens is 186 g/mol. The summed E-state index contributed by atoms with van der Waals surface area (Å²) in [6.45, 7) is 6.74. The van der Waals surface area contributed by atoms with Gasteiger partial charge in [-0.15, -0.1) is 0 Å². The van der Waals surface area contributed by atoms with Crippen molar-refractivity contribution >= 4 is 6.41 Å². The highest BCUT2D eigenvalue weighted by Gasteiger charge is 2.26. The van der Waals surface area contributed by atoms with Gasteiger partial charge in [0.15, 0.2) is 0 Å². The molecule has 2 nitrogen and oxygen atoms in total. The quantitative estimate of drug-likeness (QED) is 0.531. The van der Waals surface area contributed by atoms with Crippen molar-refractivity contribution in [1.29, 1.82) is 0 Å². The number of nitrogens with zero attached hydrogens (tertiary/aromatic N) is 1. The van der Waals surface area contributed by atoms with E-state index in [9.17, 15) is 4.79 Å². The molecule has 0 fully saturated rings. The van der Waals surface area contributed by atoms with Crippen LogP contribution in [-0.2, 0) is 11.2 Å². The molecule has 0 unspecified atom stereocenters. The van der Waals surface area contributed by atoms with Gasteiger partial charge in [0.05, 0.1) is 6.04 Å². The number of rotatable bonds is 2. The standard InChI is InChI=1S/C13H15NO/c1-10(2)13-12-6-4-3-5-11(12)7-8-14(13)9-15/h3-6,9,13H,1,7-8H2,2H3/t13-/m0/s1. The maximum Gasteiger partial charge on any atom is 0.210 e. The molecule has 2 heteroatoms. The van der Waals surface area contributed by atoms with E-state index in [-0.39, 0.29) is 6.04 Å². The van der Waals surface area contributed by atoms with E-state index in [4.69, 9.17) is 0 Å². The van der Waals surface area contributed by atoms with Gasteiger partial charge >= 0.3 is 0 Å². The average Bonchev–Trinajstić information content (AvgIpc) is 2.27. The monoisotopic (exact) mass is 201 g/mol. The second kappa shape index (κ2) is 3.89. The zero-order valence-corrected chi connectivity index (χ0v) is 8.94. The Balaban J connectivity index is 2.47. The topological polar surface area (TPSA) is 20.3 Å². The van der Waals surface area contributed by atoms with Crippen LogP contribution in [0.4, 0.5) is 0 Å². The molecule has 1 aliphatic heterocycles. The zero-order chi connectivity index (χ0) is 10.8. The number of carbonyl (C=O) groups is 1. The van der Waals surface area contributed by atoms with E-state index in [1.807, 2.05) is 24.0 Å². The molecule has 0 spiro atoms. The number of hydrogen-bond acceptors (Lipinski definition) is 1. The average molecular weight is 201 g/mol. The predicted molar refractivity (Wildman–Crippen MR) is 60.5 cm³/mol. The molecule has 1 aliphatic rings. The maximum absolute atomic E-state index is 11.0. The summed E-state index contributed by atoms with van der Waals surface area (Å²) in [7, 11) is 0. The summed E-state index contributed by atoms with van der Waals surface area (Å²) in [6.07, 6.45) is 1.87. The van der Waals surface area contributed by atoms with Crippen LogP contribution >= 0.6 is 0 Å². The summed E-state index contributed by atoms with van der Waals surface area (Å²) in [4.78, 5) is 12.8. The molecule has 0 radical (unpaired) electrons. The van der Waals surface area contributed by atoms with Crippen LogP contribution in [0.25, 0.3) is 0 Å². The second-order valence-corrected chi connectivity index (χ2v) is 4.04. The third kappa shape index (κ3) is 1.67. The lowest BCUT2D eigenvalue weighted by atomic mass is 9.89. The molecule has 0 N–H and O–H groups in total. The van der Waals surface area contributed by atoms with Crippen molar-refractivity contribution in [2.24, 2.45) is 0 Å². The van der Waals surface area contributed by atoms with Gasteiger partial charge in [0.2, 0.25) is 6.41 Å². The molecule has 78 valence electrons. The Bertz CT molecular complexity index is 397. The normalized spacial score (nSPS) is 19.5. The number of benzene rings is 1. The van der Waals surface area contributed by atoms with Crippen LogP contribution in [-0.4, -0.2) is 17.9 Å². The third-order valence-electron chi connectivity index (χ3n) is 2.92. The minimum atomic E-state index is 0.0625. The largest absolute Gasteiger partial charge is 0.334 e. The van der Waals surface area contributed by atoms with Crippen LogP contribution in [0.1, 0.15) is 24.1 Å². The smallest absolute Gasteiger partial charge is 0.210 e. The first-order valence-corrected chi connectivity index (χ1v) is 5.18. The molecule has 0 aliphatic carbocycles. The van der Waals surface area contributed by atoms with Crippen LogP contribution in [0.5, 0.6) is 0 Å². The molecule has 15 heavy (non-hydrogen) atoms. The number of carbonyl (C=O) groups excluding carboxylic acids is 1. The molecule has 0 saturated heterocycles. The molecular formula is C13H15NO. The predicted octanol–water partition coefficient (Wildman–Crippen LogP) is 2.32. The van der Waals surface area contributed by atoms with Crippen molar-refractivity contribution in [2.45, 2.75) is 19.4 Å². The molecule has 1 aromatic carbocycles. The van der Waals surface area contributed by atoms with Crippen LogP contribution < -0.4 is 0 Å².